The van der Waals surface area contributed by atoms with Crippen LogP contribution in [0, 0.1) is 11.8 Å². The summed E-state index contributed by atoms with van der Waals surface area (Å²) in [7, 11) is 0. The molecule has 0 aliphatic carbocycles. The molecule has 11 nitrogen and oxygen atoms in total. The summed E-state index contributed by atoms with van der Waals surface area (Å²) in [6.07, 6.45) is 1.04. The second kappa shape index (κ2) is 9.59. The summed E-state index contributed by atoms with van der Waals surface area (Å²) >= 11 is 0. The molecule has 2 heterocycles. The number of aromatic amines is 1. The van der Waals surface area contributed by atoms with Gasteiger partial charge >= 0.3 is 5.69 Å². The number of amides is 1. The summed E-state index contributed by atoms with van der Waals surface area (Å²) in [5.41, 5.74) is 7.18. The minimum absolute atomic E-state index is 0.0787. The van der Waals surface area contributed by atoms with E-state index in [4.69, 9.17) is 15.0 Å². The summed E-state index contributed by atoms with van der Waals surface area (Å²) in [4.78, 5) is 39.8. The molecule has 0 saturated carbocycles. The lowest BCUT2D eigenvalue weighted by Crippen LogP contribution is -2.33. The summed E-state index contributed by atoms with van der Waals surface area (Å²) in [5.74, 6) is 5.04. The Morgan fingerprint density at radius 1 is 1.59 bits per heavy atom. The van der Waals surface area contributed by atoms with E-state index in [0.717, 1.165) is 0 Å². The Hall–Kier alpha value is -3.06. The van der Waals surface area contributed by atoms with Gasteiger partial charge in [-0.25, -0.2) is 4.79 Å². The van der Waals surface area contributed by atoms with E-state index < -0.39 is 17.5 Å². The molecule has 1 aromatic rings. The Bertz CT molecular complexity index is 904. The Morgan fingerprint density at radius 2 is 2.37 bits per heavy atom. The standard InChI is InChI=1S/C16H20N6O5/c1-3-12-13(26-9-19-21-17)7-14(27-12)22-8-11(15(24)20-16(22)25)5-4-6-18-10(2)23/h8,12-14H,3,6-7,9H2,1-2H3,(H,18,23)(H,20,24,25)/t12-,13?,14-/m1/s1. The molecule has 0 bridgehead atoms. The number of hydrogen-bond donors (Lipinski definition) is 2. The van der Waals surface area contributed by atoms with E-state index in [1.807, 2.05) is 6.92 Å². The van der Waals surface area contributed by atoms with E-state index in [9.17, 15) is 14.4 Å². The van der Waals surface area contributed by atoms with Crippen molar-refractivity contribution >= 4 is 5.91 Å². The molecule has 1 unspecified atom stereocenters. The molecule has 1 aliphatic rings. The third-order valence-corrected chi connectivity index (χ3v) is 3.92. The summed E-state index contributed by atoms with van der Waals surface area (Å²) in [6, 6.07) is 0. The Labute approximate surface area is 154 Å². The van der Waals surface area contributed by atoms with Crippen molar-refractivity contribution in [1.29, 1.82) is 0 Å². The van der Waals surface area contributed by atoms with Crippen LogP contribution < -0.4 is 16.6 Å². The van der Waals surface area contributed by atoms with Gasteiger partial charge in [-0.2, -0.15) is 0 Å². The predicted molar refractivity (Wildman–Crippen MR) is 94.6 cm³/mol. The van der Waals surface area contributed by atoms with Gasteiger partial charge in [-0.3, -0.25) is 19.1 Å². The van der Waals surface area contributed by atoms with E-state index in [-0.39, 0.29) is 37.0 Å². The number of ether oxygens (including phenoxy) is 2. The normalized spacial score (nSPS) is 21.0. The summed E-state index contributed by atoms with van der Waals surface area (Å²) < 4.78 is 12.6. The quantitative estimate of drug-likeness (QED) is 0.318. The molecule has 144 valence electrons. The van der Waals surface area contributed by atoms with E-state index in [1.165, 1.54) is 17.7 Å². The topological polar surface area (TPSA) is 151 Å². The highest BCUT2D eigenvalue weighted by Crippen LogP contribution is 2.31. The molecule has 1 fully saturated rings. The first-order chi connectivity index (χ1) is 13.0. The van der Waals surface area contributed by atoms with Crippen molar-refractivity contribution in [3.05, 3.63) is 43.0 Å². The summed E-state index contributed by atoms with van der Waals surface area (Å²) in [6.45, 7) is 3.22. The van der Waals surface area contributed by atoms with Gasteiger partial charge in [-0.15, -0.1) is 0 Å². The van der Waals surface area contributed by atoms with Crippen LogP contribution in [0.1, 0.15) is 38.5 Å². The van der Waals surface area contributed by atoms with Crippen molar-refractivity contribution in [2.75, 3.05) is 13.3 Å². The maximum Gasteiger partial charge on any atom is 0.330 e. The highest BCUT2D eigenvalue weighted by atomic mass is 16.6. The lowest BCUT2D eigenvalue weighted by Gasteiger charge is -2.16. The number of aromatic nitrogens is 2. The number of nitrogens with zero attached hydrogens (tertiary/aromatic N) is 4. The fourth-order valence-corrected chi connectivity index (χ4v) is 2.66. The highest BCUT2D eigenvalue weighted by molar-refractivity contribution is 5.73. The number of H-pyrrole nitrogens is 1. The molecule has 0 radical (unpaired) electrons. The maximum absolute atomic E-state index is 12.2. The molecule has 1 saturated heterocycles. The number of carbonyl (C=O) groups excluding carboxylic acids is 1. The Balaban J connectivity index is 2.21. The van der Waals surface area contributed by atoms with Crippen LogP contribution in [-0.4, -0.2) is 40.9 Å². The highest BCUT2D eigenvalue weighted by Gasteiger charge is 2.36. The van der Waals surface area contributed by atoms with Crippen molar-refractivity contribution in [2.45, 2.75) is 45.1 Å². The first-order valence-corrected chi connectivity index (χ1v) is 8.33. The molecular formula is C16H20N6O5. The largest absolute Gasteiger partial charge is 0.369 e. The SMILES string of the molecule is CC[C@H]1O[C@@H](n2cc(C#CCNC(C)=O)c(=O)[nH]c2=O)CC1OCN=[N+]=[N-]. The number of rotatable bonds is 6. The number of carbonyl (C=O) groups is 1. The van der Waals surface area contributed by atoms with Crippen LogP contribution in [0.15, 0.2) is 20.9 Å². The second-order valence-corrected chi connectivity index (χ2v) is 5.76. The van der Waals surface area contributed by atoms with E-state index >= 15 is 0 Å². The minimum atomic E-state index is -0.647. The third kappa shape index (κ3) is 5.46. The molecular weight excluding hydrogens is 356 g/mol. The predicted octanol–water partition coefficient (Wildman–Crippen LogP) is 0.375. The van der Waals surface area contributed by atoms with E-state index in [2.05, 4.69) is 32.2 Å². The van der Waals surface area contributed by atoms with Crippen LogP contribution >= 0.6 is 0 Å². The Morgan fingerprint density at radius 3 is 3.04 bits per heavy atom. The lowest BCUT2D eigenvalue weighted by molar-refractivity contribution is -0.118. The molecule has 2 rings (SSSR count). The zero-order chi connectivity index (χ0) is 19.8. The van der Waals surface area contributed by atoms with Crippen LogP contribution in [0.25, 0.3) is 10.4 Å². The van der Waals surface area contributed by atoms with Gasteiger partial charge in [0.25, 0.3) is 5.56 Å². The van der Waals surface area contributed by atoms with Gasteiger partial charge in [-0.05, 0) is 12.0 Å². The molecule has 1 amide bonds. The van der Waals surface area contributed by atoms with Gasteiger partial charge < -0.3 is 14.8 Å². The maximum atomic E-state index is 12.2. The zero-order valence-corrected chi connectivity index (χ0v) is 15.0. The van der Waals surface area contributed by atoms with Crippen molar-refractivity contribution in [1.82, 2.24) is 14.9 Å². The molecule has 0 spiro atoms. The van der Waals surface area contributed by atoms with Gasteiger partial charge in [0.2, 0.25) is 5.91 Å². The fraction of sp³-hybridized carbons (Fsp3) is 0.562. The molecule has 27 heavy (non-hydrogen) atoms. The van der Waals surface area contributed by atoms with Crippen molar-refractivity contribution in [3.8, 4) is 11.8 Å². The second-order valence-electron chi connectivity index (χ2n) is 5.76. The number of hydrogen-bond acceptors (Lipinski definition) is 6. The third-order valence-electron chi connectivity index (χ3n) is 3.92. The van der Waals surface area contributed by atoms with Crippen LogP contribution in [0.5, 0.6) is 0 Å². The van der Waals surface area contributed by atoms with Crippen molar-refractivity contribution < 1.29 is 14.3 Å². The smallest absolute Gasteiger partial charge is 0.330 e. The first-order valence-electron chi connectivity index (χ1n) is 8.33. The first kappa shape index (κ1) is 20.3. The summed E-state index contributed by atoms with van der Waals surface area (Å²) in [5, 5.41) is 5.83. The van der Waals surface area contributed by atoms with Gasteiger partial charge in [0, 0.05) is 24.5 Å². The molecule has 2 N–H and O–H groups in total. The van der Waals surface area contributed by atoms with Crippen LogP contribution in [-0.2, 0) is 14.3 Å². The van der Waals surface area contributed by atoms with Crippen LogP contribution in [0.2, 0.25) is 0 Å². The minimum Gasteiger partial charge on any atom is -0.369 e. The lowest BCUT2D eigenvalue weighted by atomic mass is 10.1. The molecule has 1 aromatic heterocycles. The number of azide groups is 1. The van der Waals surface area contributed by atoms with Crippen LogP contribution in [0.3, 0.4) is 0 Å². The molecule has 1 aliphatic heterocycles. The van der Waals surface area contributed by atoms with E-state index in [1.54, 1.807) is 0 Å². The van der Waals surface area contributed by atoms with E-state index in [0.29, 0.717) is 12.8 Å². The average Bonchev–Trinajstić information content (AvgIpc) is 3.03. The van der Waals surface area contributed by atoms with Crippen molar-refractivity contribution in [3.63, 3.8) is 0 Å². The number of nitrogens with one attached hydrogen (secondary N) is 2. The van der Waals surface area contributed by atoms with Gasteiger partial charge in [0.05, 0.1) is 18.8 Å². The monoisotopic (exact) mass is 376 g/mol. The van der Waals surface area contributed by atoms with Crippen molar-refractivity contribution in [2.24, 2.45) is 5.11 Å². The Kier molecular flexibility index (Phi) is 7.19. The van der Waals surface area contributed by atoms with Gasteiger partial charge in [-0.1, -0.05) is 23.9 Å². The fourth-order valence-electron chi connectivity index (χ4n) is 2.66. The van der Waals surface area contributed by atoms with Crippen LogP contribution in [0.4, 0.5) is 0 Å². The molecule has 11 heteroatoms. The zero-order valence-electron chi connectivity index (χ0n) is 15.0. The average molecular weight is 376 g/mol. The molecule has 0 aromatic carbocycles. The van der Waals surface area contributed by atoms with Gasteiger partial charge in [0.15, 0.2) is 0 Å². The molecule has 3 atom stereocenters. The van der Waals surface area contributed by atoms with Gasteiger partial charge in [0.1, 0.15) is 18.5 Å².